The molecule has 27 heavy (non-hydrogen) atoms. The van der Waals surface area contributed by atoms with E-state index in [1.54, 1.807) is 0 Å². The quantitative estimate of drug-likeness (QED) is 0.267. The molecule has 0 spiro atoms. The van der Waals surface area contributed by atoms with Gasteiger partial charge in [0.2, 0.25) is 0 Å². The Morgan fingerprint density at radius 2 is 1.15 bits per heavy atom. The summed E-state index contributed by atoms with van der Waals surface area (Å²) in [6, 6.07) is 0. The highest BCUT2D eigenvalue weighted by atomic mass is 16.5. The van der Waals surface area contributed by atoms with Crippen LogP contribution in [0.5, 0.6) is 0 Å². The van der Waals surface area contributed by atoms with Gasteiger partial charge in [0.15, 0.2) is 0 Å². The molecule has 0 aromatic heterocycles. The lowest BCUT2D eigenvalue weighted by Gasteiger charge is -2.18. The number of hydrogen-bond donors (Lipinski definition) is 2. The van der Waals surface area contributed by atoms with Gasteiger partial charge in [-0.15, -0.1) is 0 Å². The average molecular weight is 391 g/mol. The molecule has 0 saturated heterocycles. The van der Waals surface area contributed by atoms with Crippen LogP contribution in [0.3, 0.4) is 0 Å². The molecule has 0 aliphatic heterocycles. The third-order valence-electron chi connectivity index (χ3n) is 4.63. The van der Waals surface area contributed by atoms with Crippen LogP contribution in [0.4, 0.5) is 0 Å². The van der Waals surface area contributed by atoms with Crippen molar-refractivity contribution in [2.75, 3.05) is 39.6 Å². The van der Waals surface area contributed by atoms with E-state index >= 15 is 0 Å². The Kier molecular flexibility index (Phi) is 21.9. The van der Waals surface area contributed by atoms with Gasteiger partial charge in [-0.2, -0.15) is 0 Å². The standard InChI is InChI=1S/C22H46O5/c1-3-5-7-8-9-10-11-12-13-14-16-25-18-21(24)19-27-22(17-23)20-26-15-6-4-2/h21-24H,3-20H2,1-2H3. The molecule has 0 rings (SSSR count). The maximum atomic E-state index is 9.89. The molecule has 0 aliphatic carbocycles. The van der Waals surface area contributed by atoms with E-state index in [0.29, 0.717) is 19.8 Å². The van der Waals surface area contributed by atoms with Gasteiger partial charge in [-0.3, -0.25) is 0 Å². The Hall–Kier alpha value is -0.200. The molecule has 0 radical (unpaired) electrons. The lowest BCUT2D eigenvalue weighted by molar-refractivity contribution is -0.0830. The first-order chi connectivity index (χ1) is 13.2. The molecule has 0 aromatic carbocycles. The van der Waals surface area contributed by atoms with Crippen LogP contribution in [0.25, 0.3) is 0 Å². The van der Waals surface area contributed by atoms with E-state index in [4.69, 9.17) is 14.2 Å². The lowest BCUT2D eigenvalue weighted by Crippen LogP contribution is -2.30. The second kappa shape index (κ2) is 22.1. The largest absolute Gasteiger partial charge is 0.394 e. The van der Waals surface area contributed by atoms with Gasteiger partial charge in [-0.1, -0.05) is 78.1 Å². The summed E-state index contributed by atoms with van der Waals surface area (Å²) in [5.74, 6) is 0. The highest BCUT2D eigenvalue weighted by molar-refractivity contribution is 4.58. The highest BCUT2D eigenvalue weighted by Crippen LogP contribution is 2.10. The Balaban J connectivity index is 3.36. The van der Waals surface area contributed by atoms with E-state index < -0.39 is 6.10 Å². The van der Waals surface area contributed by atoms with Crippen molar-refractivity contribution in [1.29, 1.82) is 0 Å². The molecule has 0 amide bonds. The summed E-state index contributed by atoms with van der Waals surface area (Å²) in [6.07, 6.45) is 14.1. The number of aliphatic hydroxyl groups is 2. The van der Waals surface area contributed by atoms with E-state index in [1.807, 2.05) is 0 Å². The minimum Gasteiger partial charge on any atom is -0.394 e. The van der Waals surface area contributed by atoms with Gasteiger partial charge >= 0.3 is 0 Å². The molecule has 0 aromatic rings. The number of ether oxygens (including phenoxy) is 3. The first kappa shape index (κ1) is 26.8. The van der Waals surface area contributed by atoms with E-state index in [-0.39, 0.29) is 25.9 Å². The number of aliphatic hydroxyl groups excluding tert-OH is 2. The lowest BCUT2D eigenvalue weighted by atomic mass is 10.1. The molecule has 2 atom stereocenters. The van der Waals surface area contributed by atoms with Gasteiger partial charge in [0.05, 0.1) is 26.4 Å². The van der Waals surface area contributed by atoms with E-state index in [9.17, 15) is 10.2 Å². The molecule has 5 nitrogen and oxygen atoms in total. The predicted octanol–water partition coefficient (Wildman–Crippen LogP) is 4.48. The molecule has 2 unspecified atom stereocenters. The van der Waals surface area contributed by atoms with Crippen LogP contribution in [0.2, 0.25) is 0 Å². The smallest absolute Gasteiger partial charge is 0.104 e. The second-order valence-corrected chi connectivity index (χ2v) is 7.48. The zero-order chi connectivity index (χ0) is 20.0. The summed E-state index contributed by atoms with van der Waals surface area (Å²) >= 11 is 0. The summed E-state index contributed by atoms with van der Waals surface area (Å²) in [7, 11) is 0. The molecular weight excluding hydrogens is 344 g/mol. The molecule has 0 bridgehead atoms. The molecule has 0 fully saturated rings. The van der Waals surface area contributed by atoms with Crippen molar-refractivity contribution >= 4 is 0 Å². The van der Waals surface area contributed by atoms with Gasteiger partial charge < -0.3 is 24.4 Å². The molecule has 5 heteroatoms. The van der Waals surface area contributed by atoms with Gasteiger partial charge in [0.1, 0.15) is 12.2 Å². The third-order valence-corrected chi connectivity index (χ3v) is 4.63. The van der Waals surface area contributed by atoms with Crippen molar-refractivity contribution in [3.8, 4) is 0 Å². The fourth-order valence-corrected chi connectivity index (χ4v) is 2.82. The van der Waals surface area contributed by atoms with Crippen molar-refractivity contribution < 1.29 is 24.4 Å². The second-order valence-electron chi connectivity index (χ2n) is 7.48. The maximum absolute atomic E-state index is 9.89. The summed E-state index contributed by atoms with van der Waals surface area (Å²) in [4.78, 5) is 0. The molecule has 0 saturated carbocycles. The van der Waals surface area contributed by atoms with Gasteiger partial charge in [0.25, 0.3) is 0 Å². The van der Waals surface area contributed by atoms with Crippen LogP contribution in [0, 0.1) is 0 Å². The molecule has 0 aliphatic rings. The molecular formula is C22H46O5. The Morgan fingerprint density at radius 1 is 0.630 bits per heavy atom. The minimum absolute atomic E-state index is 0.0989. The SMILES string of the molecule is CCCCCCCCCCCCOCC(O)COC(CO)COCCCC. The van der Waals surface area contributed by atoms with Crippen molar-refractivity contribution in [1.82, 2.24) is 0 Å². The summed E-state index contributed by atoms with van der Waals surface area (Å²) in [5, 5.41) is 19.2. The summed E-state index contributed by atoms with van der Waals surface area (Å²) in [5.41, 5.74) is 0. The Morgan fingerprint density at radius 3 is 1.74 bits per heavy atom. The highest BCUT2D eigenvalue weighted by Gasteiger charge is 2.12. The number of rotatable bonds is 22. The van der Waals surface area contributed by atoms with Crippen LogP contribution in [0.15, 0.2) is 0 Å². The fourth-order valence-electron chi connectivity index (χ4n) is 2.82. The first-order valence-corrected chi connectivity index (χ1v) is 11.3. The van der Waals surface area contributed by atoms with Crippen molar-refractivity contribution in [3.05, 3.63) is 0 Å². The minimum atomic E-state index is -0.655. The Labute approximate surface area is 167 Å². The van der Waals surface area contributed by atoms with E-state index in [0.717, 1.165) is 19.3 Å². The van der Waals surface area contributed by atoms with Gasteiger partial charge in [-0.05, 0) is 12.8 Å². The zero-order valence-electron chi connectivity index (χ0n) is 18.0. The monoisotopic (exact) mass is 390 g/mol. The maximum Gasteiger partial charge on any atom is 0.104 e. The average Bonchev–Trinajstić information content (AvgIpc) is 2.68. The van der Waals surface area contributed by atoms with E-state index in [1.165, 1.54) is 57.8 Å². The summed E-state index contributed by atoms with van der Waals surface area (Å²) in [6.45, 7) is 6.45. The van der Waals surface area contributed by atoms with Crippen LogP contribution in [-0.4, -0.2) is 62.1 Å². The third kappa shape index (κ3) is 20.3. The van der Waals surface area contributed by atoms with Crippen molar-refractivity contribution in [2.24, 2.45) is 0 Å². The van der Waals surface area contributed by atoms with Crippen LogP contribution >= 0.6 is 0 Å². The normalized spacial score (nSPS) is 13.8. The predicted molar refractivity (Wildman–Crippen MR) is 111 cm³/mol. The van der Waals surface area contributed by atoms with Gasteiger partial charge in [0, 0.05) is 13.2 Å². The van der Waals surface area contributed by atoms with Crippen molar-refractivity contribution in [3.63, 3.8) is 0 Å². The first-order valence-electron chi connectivity index (χ1n) is 11.3. The molecule has 0 heterocycles. The summed E-state index contributed by atoms with van der Waals surface area (Å²) < 4.78 is 16.4. The topological polar surface area (TPSA) is 68.2 Å². The van der Waals surface area contributed by atoms with Crippen LogP contribution in [0.1, 0.15) is 90.9 Å². The van der Waals surface area contributed by atoms with E-state index in [2.05, 4.69) is 13.8 Å². The van der Waals surface area contributed by atoms with Gasteiger partial charge in [-0.25, -0.2) is 0 Å². The van der Waals surface area contributed by atoms with Crippen molar-refractivity contribution in [2.45, 2.75) is 103 Å². The van der Waals surface area contributed by atoms with Crippen LogP contribution in [-0.2, 0) is 14.2 Å². The molecule has 164 valence electrons. The number of hydrogen-bond acceptors (Lipinski definition) is 5. The van der Waals surface area contributed by atoms with Crippen LogP contribution < -0.4 is 0 Å². The fraction of sp³-hybridized carbons (Fsp3) is 1.00. The molecule has 2 N–H and O–H groups in total. The zero-order valence-corrected chi connectivity index (χ0v) is 18.0. The number of unbranched alkanes of at least 4 members (excludes halogenated alkanes) is 10. The Bertz CT molecular complexity index is 275.